The number of hydrogen-bond acceptors (Lipinski definition) is 5. The number of hydrogen-bond donors (Lipinski definition) is 2. The van der Waals surface area contributed by atoms with Gasteiger partial charge in [-0.1, -0.05) is 18.2 Å². The minimum Gasteiger partial charge on any atom is -0.383 e. The highest BCUT2D eigenvalue weighted by atomic mass is 19.4. The van der Waals surface area contributed by atoms with Crippen LogP contribution < -0.4 is 11.1 Å². The molecule has 1 aliphatic rings. The lowest BCUT2D eigenvalue weighted by atomic mass is 9.78. The van der Waals surface area contributed by atoms with Crippen molar-refractivity contribution in [3.63, 3.8) is 0 Å². The fraction of sp³-hybridized carbons (Fsp3) is 0.250. The summed E-state index contributed by atoms with van der Waals surface area (Å²) in [6.07, 6.45) is -6.41. The second-order valence-corrected chi connectivity index (χ2v) is 8.78. The van der Waals surface area contributed by atoms with Crippen LogP contribution in [0.4, 0.5) is 38.0 Å². The summed E-state index contributed by atoms with van der Waals surface area (Å²) in [6.45, 7) is 1.55. The normalized spacial score (nSPS) is 17.8. The van der Waals surface area contributed by atoms with E-state index in [2.05, 4.69) is 20.3 Å². The van der Waals surface area contributed by atoms with Crippen molar-refractivity contribution < 1.29 is 31.1 Å². The molecule has 0 bridgehead atoms. The Balaban J connectivity index is 1.59. The van der Waals surface area contributed by atoms with Crippen molar-refractivity contribution in [3.05, 3.63) is 71.4 Å². The number of nitrogens with zero attached hydrogens (tertiary/aromatic N) is 4. The van der Waals surface area contributed by atoms with Gasteiger partial charge in [-0.05, 0) is 36.8 Å². The number of nitrogens with two attached hydrogens (primary N) is 1. The molecule has 1 aliphatic heterocycles. The molecule has 4 heterocycles. The Labute approximate surface area is 205 Å². The average Bonchev–Trinajstić information content (AvgIpc) is 3.32. The molecule has 0 saturated heterocycles. The van der Waals surface area contributed by atoms with Gasteiger partial charge in [0.15, 0.2) is 5.82 Å². The van der Waals surface area contributed by atoms with Crippen molar-refractivity contribution in [1.82, 2.24) is 19.4 Å². The molecule has 37 heavy (non-hydrogen) atoms. The summed E-state index contributed by atoms with van der Waals surface area (Å²) in [7, 11) is 0. The SMILES string of the molecule is CC1(c2cccc(F)c2)C(=O)Nc2nc(-c3nc(CCC(F)(F)C(F)(F)F)n4ccccc34)nc(N)c21. The number of nitrogen functional groups attached to an aromatic ring is 1. The van der Waals surface area contributed by atoms with Gasteiger partial charge in [-0.3, -0.25) is 4.79 Å². The molecule has 1 unspecified atom stereocenters. The summed E-state index contributed by atoms with van der Waals surface area (Å²) in [5.74, 6) is -6.15. The molecule has 13 heteroatoms. The van der Waals surface area contributed by atoms with Crippen LogP contribution in [-0.4, -0.2) is 37.4 Å². The molecule has 4 aromatic rings. The highest BCUT2D eigenvalue weighted by Gasteiger charge is 2.56. The third-order valence-corrected chi connectivity index (χ3v) is 6.44. The Kier molecular flexibility index (Phi) is 5.42. The highest BCUT2D eigenvalue weighted by molar-refractivity contribution is 6.09. The number of carbonyl (C=O) groups is 1. The van der Waals surface area contributed by atoms with Gasteiger partial charge in [-0.25, -0.2) is 19.3 Å². The van der Waals surface area contributed by atoms with E-state index in [1.54, 1.807) is 31.2 Å². The first kappa shape index (κ1) is 24.5. The van der Waals surface area contributed by atoms with Crippen molar-refractivity contribution >= 4 is 23.1 Å². The number of rotatable bonds is 5. The molecule has 192 valence electrons. The monoisotopic (exact) mass is 520 g/mol. The fourth-order valence-corrected chi connectivity index (χ4v) is 4.44. The molecule has 0 spiro atoms. The van der Waals surface area contributed by atoms with Crippen molar-refractivity contribution in [2.24, 2.45) is 0 Å². The van der Waals surface area contributed by atoms with Crippen LogP contribution in [0.25, 0.3) is 17.0 Å². The second kappa shape index (κ2) is 8.18. The summed E-state index contributed by atoms with van der Waals surface area (Å²) in [6, 6.07) is 10.2. The van der Waals surface area contributed by atoms with Crippen LogP contribution >= 0.6 is 0 Å². The fourth-order valence-electron chi connectivity index (χ4n) is 4.44. The number of alkyl halides is 5. The minimum atomic E-state index is -5.69. The molecular weight excluding hydrogens is 502 g/mol. The largest absolute Gasteiger partial charge is 0.453 e. The molecule has 1 atom stereocenters. The molecule has 3 aromatic heterocycles. The van der Waals surface area contributed by atoms with Gasteiger partial charge in [0.25, 0.3) is 0 Å². The van der Waals surface area contributed by atoms with Gasteiger partial charge in [-0.2, -0.15) is 22.0 Å². The third-order valence-electron chi connectivity index (χ3n) is 6.44. The number of aromatic nitrogens is 4. The van der Waals surface area contributed by atoms with Gasteiger partial charge in [0, 0.05) is 19.0 Å². The van der Waals surface area contributed by atoms with Gasteiger partial charge in [-0.15, -0.1) is 0 Å². The molecule has 3 N–H and O–H groups in total. The van der Waals surface area contributed by atoms with Crippen LogP contribution in [0.1, 0.15) is 30.3 Å². The Hall–Kier alpha value is -4.16. The summed E-state index contributed by atoms with van der Waals surface area (Å²) >= 11 is 0. The van der Waals surface area contributed by atoms with Crippen molar-refractivity contribution in [2.45, 2.75) is 37.3 Å². The lowest BCUT2D eigenvalue weighted by Crippen LogP contribution is -2.36. The Morgan fingerprint density at radius 1 is 1.05 bits per heavy atom. The van der Waals surface area contributed by atoms with Crippen LogP contribution in [0.3, 0.4) is 0 Å². The lowest BCUT2D eigenvalue weighted by molar-refractivity contribution is -0.284. The first-order valence-corrected chi connectivity index (χ1v) is 11.0. The van der Waals surface area contributed by atoms with E-state index in [0.717, 1.165) is 0 Å². The predicted octanol–water partition coefficient (Wildman–Crippen LogP) is 4.90. The zero-order valence-corrected chi connectivity index (χ0v) is 19.1. The molecule has 1 amide bonds. The maximum atomic E-state index is 13.9. The topological polar surface area (TPSA) is 98.2 Å². The maximum Gasteiger partial charge on any atom is 0.453 e. The number of nitrogens with one attached hydrogen (secondary N) is 1. The number of pyridine rings is 1. The van der Waals surface area contributed by atoms with Crippen LogP contribution in [0, 0.1) is 5.82 Å². The van der Waals surface area contributed by atoms with Crippen molar-refractivity contribution in [2.75, 3.05) is 11.1 Å². The molecule has 5 rings (SSSR count). The van der Waals surface area contributed by atoms with Gasteiger partial charge in [0.2, 0.25) is 5.91 Å². The molecular formula is C24H18F6N6O. The first-order valence-electron chi connectivity index (χ1n) is 11.0. The Morgan fingerprint density at radius 2 is 1.81 bits per heavy atom. The standard InChI is InChI=1S/C24H18F6N6O/c1-22(12-5-4-6-13(25)11-12)16-18(31)33-20(34-19(16)35-21(22)37)17-14-7-2-3-10-36(14)15(32-17)8-9-23(26,27)24(28,29)30/h2-7,10-11H,8-9H2,1H3,(H3,31,33,34,35,37). The highest BCUT2D eigenvalue weighted by Crippen LogP contribution is 2.45. The second-order valence-electron chi connectivity index (χ2n) is 8.78. The number of fused-ring (bicyclic) bond motifs is 2. The molecule has 0 aliphatic carbocycles. The quantitative estimate of drug-likeness (QED) is 0.365. The number of anilines is 2. The smallest absolute Gasteiger partial charge is 0.383 e. The van der Waals surface area contributed by atoms with E-state index in [9.17, 15) is 31.1 Å². The number of imidazole rings is 1. The molecule has 7 nitrogen and oxygen atoms in total. The number of aryl methyl sites for hydroxylation is 1. The van der Waals surface area contributed by atoms with E-state index in [0.29, 0.717) is 11.1 Å². The van der Waals surface area contributed by atoms with Gasteiger partial charge >= 0.3 is 12.1 Å². The Bertz CT molecular complexity index is 1550. The summed E-state index contributed by atoms with van der Waals surface area (Å²) < 4.78 is 80.4. The van der Waals surface area contributed by atoms with E-state index in [1.807, 2.05) is 0 Å². The zero-order chi connectivity index (χ0) is 26.8. The summed E-state index contributed by atoms with van der Waals surface area (Å²) in [5, 5.41) is 2.62. The average molecular weight is 520 g/mol. The summed E-state index contributed by atoms with van der Waals surface area (Å²) in [4.78, 5) is 25.9. The van der Waals surface area contributed by atoms with E-state index >= 15 is 0 Å². The van der Waals surface area contributed by atoms with Crippen LogP contribution in [-0.2, 0) is 16.6 Å². The van der Waals surface area contributed by atoms with Crippen LogP contribution in [0.15, 0.2) is 48.7 Å². The third kappa shape index (κ3) is 3.85. The van der Waals surface area contributed by atoms with Crippen molar-refractivity contribution in [3.8, 4) is 11.5 Å². The van der Waals surface area contributed by atoms with Gasteiger partial charge in [0.05, 0.1) is 11.1 Å². The van der Waals surface area contributed by atoms with E-state index < -0.39 is 42.1 Å². The molecule has 1 aromatic carbocycles. The molecule has 0 fully saturated rings. The van der Waals surface area contributed by atoms with Crippen LogP contribution in [0.2, 0.25) is 0 Å². The Morgan fingerprint density at radius 3 is 2.51 bits per heavy atom. The summed E-state index contributed by atoms with van der Waals surface area (Å²) in [5.41, 5.74) is 5.81. The maximum absolute atomic E-state index is 13.9. The minimum absolute atomic E-state index is 0.0569. The van der Waals surface area contributed by atoms with Crippen molar-refractivity contribution in [1.29, 1.82) is 0 Å². The zero-order valence-electron chi connectivity index (χ0n) is 19.1. The number of halogens is 6. The number of amides is 1. The number of carbonyl (C=O) groups excluding carboxylic acids is 1. The van der Waals surface area contributed by atoms with Gasteiger partial charge < -0.3 is 15.5 Å². The lowest BCUT2D eigenvalue weighted by Gasteiger charge is -2.23. The first-order chi connectivity index (χ1) is 17.3. The predicted molar refractivity (Wildman–Crippen MR) is 121 cm³/mol. The number of benzene rings is 1. The van der Waals surface area contributed by atoms with E-state index in [4.69, 9.17) is 5.73 Å². The van der Waals surface area contributed by atoms with E-state index in [-0.39, 0.29) is 34.5 Å². The molecule has 0 radical (unpaired) electrons. The van der Waals surface area contributed by atoms with Gasteiger partial charge in [0.1, 0.15) is 34.4 Å². The van der Waals surface area contributed by atoms with E-state index in [1.165, 1.54) is 28.8 Å². The van der Waals surface area contributed by atoms with Crippen LogP contribution in [0.5, 0.6) is 0 Å². The molecule has 0 saturated carbocycles.